The van der Waals surface area contributed by atoms with Gasteiger partial charge in [0.1, 0.15) is 0 Å². The number of hydrogen-bond acceptors (Lipinski definition) is 3. The zero-order valence-electron chi connectivity index (χ0n) is 12.7. The molecule has 0 saturated heterocycles. The summed E-state index contributed by atoms with van der Waals surface area (Å²) in [7, 11) is 0. The predicted octanol–water partition coefficient (Wildman–Crippen LogP) is 4.41. The number of amides is 1. The summed E-state index contributed by atoms with van der Waals surface area (Å²) in [4.78, 5) is 23.9. The molecular weight excluding hydrogens is 337 g/mol. The lowest BCUT2D eigenvalue weighted by molar-refractivity contribution is -0.119. The molecule has 2 rings (SSSR count). The van der Waals surface area contributed by atoms with Crippen LogP contribution in [0.1, 0.15) is 21.5 Å². The van der Waals surface area contributed by atoms with Crippen molar-refractivity contribution in [2.75, 3.05) is 11.9 Å². The third-order valence-electron chi connectivity index (χ3n) is 3.09. The number of esters is 1. The molecule has 0 aliphatic carbocycles. The molecule has 0 aliphatic rings. The highest BCUT2D eigenvalue weighted by molar-refractivity contribution is 6.35. The lowest BCUT2D eigenvalue weighted by Gasteiger charge is -2.09. The first-order valence-electron chi connectivity index (χ1n) is 6.85. The highest BCUT2D eigenvalue weighted by atomic mass is 35.5. The smallest absolute Gasteiger partial charge is 0.338 e. The molecule has 0 heterocycles. The Morgan fingerprint density at radius 2 is 1.70 bits per heavy atom. The Morgan fingerprint density at radius 1 is 1.04 bits per heavy atom. The molecule has 0 radical (unpaired) electrons. The van der Waals surface area contributed by atoms with Crippen LogP contribution < -0.4 is 5.32 Å². The first-order chi connectivity index (χ1) is 10.8. The van der Waals surface area contributed by atoms with Gasteiger partial charge in [-0.3, -0.25) is 4.79 Å². The second-order valence-electron chi connectivity index (χ2n) is 5.10. The Hall–Kier alpha value is -2.04. The molecule has 2 aromatic rings. The van der Waals surface area contributed by atoms with Gasteiger partial charge >= 0.3 is 5.97 Å². The van der Waals surface area contributed by atoms with Gasteiger partial charge in [-0.1, -0.05) is 40.9 Å². The highest BCUT2D eigenvalue weighted by Crippen LogP contribution is 2.22. The second-order valence-corrected chi connectivity index (χ2v) is 5.97. The third-order valence-corrected chi connectivity index (χ3v) is 3.53. The third kappa shape index (κ3) is 4.98. The summed E-state index contributed by atoms with van der Waals surface area (Å²) < 4.78 is 5.04. The molecule has 6 heteroatoms. The van der Waals surface area contributed by atoms with Gasteiger partial charge in [0.05, 0.1) is 5.56 Å². The van der Waals surface area contributed by atoms with E-state index in [0.717, 1.165) is 11.1 Å². The molecule has 0 bridgehead atoms. The molecule has 0 spiro atoms. The molecular formula is C17H15Cl2NO3. The van der Waals surface area contributed by atoms with Gasteiger partial charge in [0, 0.05) is 15.7 Å². The van der Waals surface area contributed by atoms with E-state index in [1.807, 2.05) is 26.0 Å². The van der Waals surface area contributed by atoms with Crippen LogP contribution in [0.4, 0.5) is 5.69 Å². The fraction of sp³-hybridized carbons (Fsp3) is 0.176. The number of nitrogens with one attached hydrogen (secondary N) is 1. The van der Waals surface area contributed by atoms with Crippen molar-refractivity contribution >= 4 is 40.8 Å². The molecule has 1 N–H and O–H groups in total. The number of aryl methyl sites for hydroxylation is 2. The monoisotopic (exact) mass is 351 g/mol. The number of halogens is 2. The average molecular weight is 352 g/mol. The summed E-state index contributed by atoms with van der Waals surface area (Å²) in [6.45, 7) is 3.30. The number of hydrogen-bond donors (Lipinski definition) is 1. The van der Waals surface area contributed by atoms with Crippen molar-refractivity contribution in [2.24, 2.45) is 0 Å². The minimum Gasteiger partial charge on any atom is -0.452 e. The van der Waals surface area contributed by atoms with Crippen LogP contribution in [0.15, 0.2) is 36.4 Å². The molecule has 0 saturated carbocycles. The van der Waals surface area contributed by atoms with Crippen molar-refractivity contribution in [3.05, 3.63) is 63.1 Å². The molecule has 23 heavy (non-hydrogen) atoms. The van der Waals surface area contributed by atoms with Gasteiger partial charge in [-0.25, -0.2) is 4.79 Å². The van der Waals surface area contributed by atoms with E-state index in [2.05, 4.69) is 5.32 Å². The van der Waals surface area contributed by atoms with Crippen molar-refractivity contribution in [1.82, 2.24) is 0 Å². The summed E-state index contributed by atoms with van der Waals surface area (Å²) in [6.07, 6.45) is 0. The van der Waals surface area contributed by atoms with Gasteiger partial charge in [0.2, 0.25) is 0 Å². The van der Waals surface area contributed by atoms with Crippen LogP contribution in [-0.4, -0.2) is 18.5 Å². The second kappa shape index (κ2) is 7.49. The van der Waals surface area contributed by atoms with E-state index < -0.39 is 18.5 Å². The summed E-state index contributed by atoms with van der Waals surface area (Å²) in [5.41, 5.74) is 2.63. The summed E-state index contributed by atoms with van der Waals surface area (Å²) in [6, 6.07) is 10.1. The maximum Gasteiger partial charge on any atom is 0.338 e. The van der Waals surface area contributed by atoms with Crippen LogP contribution in [0.3, 0.4) is 0 Å². The maximum atomic E-state index is 12.0. The van der Waals surface area contributed by atoms with Crippen LogP contribution in [0.5, 0.6) is 0 Å². The van der Waals surface area contributed by atoms with Gasteiger partial charge < -0.3 is 10.1 Å². The molecule has 0 aliphatic heterocycles. The minimum atomic E-state index is -0.537. The Morgan fingerprint density at radius 3 is 2.35 bits per heavy atom. The van der Waals surface area contributed by atoms with E-state index in [1.54, 1.807) is 24.3 Å². The zero-order chi connectivity index (χ0) is 17.0. The first-order valence-corrected chi connectivity index (χ1v) is 7.61. The fourth-order valence-corrected chi connectivity index (χ4v) is 2.51. The van der Waals surface area contributed by atoms with Crippen molar-refractivity contribution in [3.8, 4) is 0 Å². The largest absolute Gasteiger partial charge is 0.452 e. The average Bonchev–Trinajstić information content (AvgIpc) is 2.46. The fourth-order valence-electron chi connectivity index (χ4n) is 1.99. The normalized spacial score (nSPS) is 10.3. The van der Waals surface area contributed by atoms with Crippen molar-refractivity contribution in [1.29, 1.82) is 0 Å². The van der Waals surface area contributed by atoms with Crippen LogP contribution in [0.2, 0.25) is 10.0 Å². The Balaban J connectivity index is 1.96. The number of rotatable bonds is 4. The van der Waals surface area contributed by atoms with E-state index in [0.29, 0.717) is 21.3 Å². The number of carbonyl (C=O) groups excluding carboxylic acids is 2. The van der Waals surface area contributed by atoms with Gasteiger partial charge in [-0.15, -0.1) is 0 Å². The topological polar surface area (TPSA) is 55.4 Å². The number of ether oxygens (including phenoxy) is 1. The molecule has 4 nitrogen and oxygen atoms in total. The molecule has 0 unspecified atom stereocenters. The number of benzene rings is 2. The maximum absolute atomic E-state index is 12.0. The molecule has 2 aromatic carbocycles. The van der Waals surface area contributed by atoms with E-state index in [-0.39, 0.29) is 0 Å². The van der Waals surface area contributed by atoms with Crippen molar-refractivity contribution in [3.63, 3.8) is 0 Å². The molecule has 0 aromatic heterocycles. The lowest BCUT2D eigenvalue weighted by Crippen LogP contribution is -2.21. The van der Waals surface area contributed by atoms with Crippen molar-refractivity contribution < 1.29 is 14.3 Å². The Bertz CT molecular complexity index is 739. The summed E-state index contributed by atoms with van der Waals surface area (Å²) >= 11 is 11.7. The Kier molecular flexibility index (Phi) is 5.64. The van der Waals surface area contributed by atoms with E-state index >= 15 is 0 Å². The van der Waals surface area contributed by atoms with Crippen LogP contribution in [-0.2, 0) is 9.53 Å². The van der Waals surface area contributed by atoms with E-state index in [9.17, 15) is 9.59 Å². The highest BCUT2D eigenvalue weighted by Gasteiger charge is 2.13. The summed E-state index contributed by atoms with van der Waals surface area (Å²) in [5.74, 6) is -1.01. The predicted molar refractivity (Wildman–Crippen MR) is 91.3 cm³/mol. The number of anilines is 1. The van der Waals surface area contributed by atoms with Crippen LogP contribution >= 0.6 is 23.2 Å². The SMILES string of the molecule is Cc1ccc(C)c(C(=O)OCC(=O)Nc2cc(Cl)cc(Cl)c2)c1. The Labute approximate surface area is 144 Å². The van der Waals surface area contributed by atoms with Crippen LogP contribution in [0, 0.1) is 13.8 Å². The lowest BCUT2D eigenvalue weighted by atomic mass is 10.1. The van der Waals surface area contributed by atoms with Gasteiger partial charge in [-0.05, 0) is 43.7 Å². The first kappa shape index (κ1) is 17.3. The number of carbonyl (C=O) groups is 2. The van der Waals surface area contributed by atoms with E-state index in [4.69, 9.17) is 27.9 Å². The molecule has 120 valence electrons. The molecule has 1 amide bonds. The van der Waals surface area contributed by atoms with Gasteiger partial charge in [0.25, 0.3) is 5.91 Å². The van der Waals surface area contributed by atoms with E-state index in [1.165, 1.54) is 0 Å². The summed E-state index contributed by atoms with van der Waals surface area (Å²) in [5, 5.41) is 3.38. The quantitative estimate of drug-likeness (QED) is 0.830. The zero-order valence-corrected chi connectivity index (χ0v) is 14.2. The van der Waals surface area contributed by atoms with Gasteiger partial charge in [0.15, 0.2) is 6.61 Å². The molecule has 0 fully saturated rings. The molecule has 0 atom stereocenters. The van der Waals surface area contributed by atoms with Gasteiger partial charge in [-0.2, -0.15) is 0 Å². The standard InChI is InChI=1S/C17H15Cl2NO3/c1-10-3-4-11(2)15(5-10)17(22)23-9-16(21)20-14-7-12(18)6-13(19)8-14/h3-8H,9H2,1-2H3,(H,20,21). The van der Waals surface area contributed by atoms with Crippen molar-refractivity contribution in [2.45, 2.75) is 13.8 Å². The minimum absolute atomic E-state index is 0.393. The van der Waals surface area contributed by atoms with Crippen LogP contribution in [0.25, 0.3) is 0 Å².